The highest BCUT2D eigenvalue weighted by Gasteiger charge is 1.99. The molecule has 0 fully saturated rings. The summed E-state index contributed by atoms with van der Waals surface area (Å²) in [6, 6.07) is 5.35. The van der Waals surface area contributed by atoms with Crippen LogP contribution in [0.1, 0.15) is 11.3 Å². The van der Waals surface area contributed by atoms with Crippen LogP contribution in [-0.4, -0.2) is 24.6 Å². The van der Waals surface area contributed by atoms with Crippen LogP contribution >= 0.6 is 0 Å². The third-order valence-electron chi connectivity index (χ3n) is 1.77. The van der Waals surface area contributed by atoms with E-state index in [-0.39, 0.29) is 12.5 Å². The minimum Gasteiger partial charge on any atom is -0.468 e. The van der Waals surface area contributed by atoms with Gasteiger partial charge in [-0.05, 0) is 11.6 Å². The van der Waals surface area contributed by atoms with Crippen molar-refractivity contribution < 1.29 is 9.53 Å². The first kappa shape index (κ1) is 11.1. The van der Waals surface area contributed by atoms with E-state index in [9.17, 15) is 4.79 Å². The van der Waals surface area contributed by atoms with E-state index in [1.54, 1.807) is 18.3 Å². The van der Waals surface area contributed by atoms with Gasteiger partial charge in [-0.15, -0.1) is 0 Å². The van der Waals surface area contributed by atoms with Crippen LogP contribution in [-0.2, 0) is 16.1 Å². The van der Waals surface area contributed by atoms with Gasteiger partial charge in [0.1, 0.15) is 11.8 Å². The smallest absolute Gasteiger partial charge is 0.319 e. The first-order valence-electron chi connectivity index (χ1n) is 4.39. The van der Waals surface area contributed by atoms with Crippen molar-refractivity contribution in [3.05, 3.63) is 29.6 Å². The van der Waals surface area contributed by atoms with Gasteiger partial charge in [0, 0.05) is 12.7 Å². The molecule has 0 amide bonds. The molecular formula is C10H11N3O2. The van der Waals surface area contributed by atoms with Crippen LogP contribution < -0.4 is 5.32 Å². The molecule has 0 spiro atoms. The second-order valence-corrected chi connectivity index (χ2v) is 2.84. The van der Waals surface area contributed by atoms with Crippen LogP contribution in [0.25, 0.3) is 0 Å². The highest BCUT2D eigenvalue weighted by atomic mass is 16.5. The molecule has 1 N–H and O–H groups in total. The van der Waals surface area contributed by atoms with Crippen molar-refractivity contribution in [3.63, 3.8) is 0 Å². The van der Waals surface area contributed by atoms with Crippen LogP contribution in [0.15, 0.2) is 18.3 Å². The number of ether oxygens (including phenoxy) is 1. The Hall–Kier alpha value is -1.93. The number of esters is 1. The summed E-state index contributed by atoms with van der Waals surface area (Å²) in [5.74, 6) is -0.309. The van der Waals surface area contributed by atoms with E-state index in [2.05, 4.69) is 15.0 Å². The topological polar surface area (TPSA) is 75.0 Å². The standard InChI is InChI=1S/C10H11N3O2/c1-15-10(14)7-12-5-8-2-3-9(4-11)13-6-8/h2-3,6,12H,5,7H2,1H3. The van der Waals surface area contributed by atoms with Crippen molar-refractivity contribution in [1.29, 1.82) is 5.26 Å². The summed E-state index contributed by atoms with van der Waals surface area (Å²) in [5, 5.41) is 11.4. The molecule has 5 heteroatoms. The van der Waals surface area contributed by atoms with E-state index in [1.165, 1.54) is 7.11 Å². The number of nitriles is 1. The van der Waals surface area contributed by atoms with E-state index in [0.29, 0.717) is 12.2 Å². The maximum atomic E-state index is 10.8. The normalized spacial score (nSPS) is 9.33. The number of hydrogen-bond donors (Lipinski definition) is 1. The molecule has 0 atom stereocenters. The minimum atomic E-state index is -0.309. The van der Waals surface area contributed by atoms with Gasteiger partial charge in [-0.3, -0.25) is 4.79 Å². The molecule has 0 aliphatic rings. The molecule has 0 aromatic carbocycles. The maximum Gasteiger partial charge on any atom is 0.319 e. The van der Waals surface area contributed by atoms with Crippen molar-refractivity contribution >= 4 is 5.97 Å². The Morgan fingerprint density at radius 2 is 2.47 bits per heavy atom. The number of methoxy groups -OCH3 is 1. The Bertz CT molecular complexity index is 367. The van der Waals surface area contributed by atoms with Crippen molar-refractivity contribution in [2.75, 3.05) is 13.7 Å². The van der Waals surface area contributed by atoms with Gasteiger partial charge >= 0.3 is 5.97 Å². The second kappa shape index (κ2) is 5.73. The van der Waals surface area contributed by atoms with Gasteiger partial charge in [0.2, 0.25) is 0 Å². The summed E-state index contributed by atoms with van der Waals surface area (Å²) in [7, 11) is 1.34. The number of carbonyl (C=O) groups excluding carboxylic acids is 1. The summed E-state index contributed by atoms with van der Waals surface area (Å²) in [4.78, 5) is 14.7. The molecule has 1 heterocycles. The molecule has 1 rings (SSSR count). The molecule has 5 nitrogen and oxygen atoms in total. The Labute approximate surface area is 87.7 Å². The van der Waals surface area contributed by atoms with Crippen LogP contribution in [0.5, 0.6) is 0 Å². The zero-order chi connectivity index (χ0) is 11.1. The van der Waals surface area contributed by atoms with E-state index >= 15 is 0 Å². The summed E-state index contributed by atoms with van der Waals surface area (Å²) >= 11 is 0. The Morgan fingerprint density at radius 1 is 1.67 bits per heavy atom. The third-order valence-corrected chi connectivity index (χ3v) is 1.77. The van der Waals surface area contributed by atoms with Gasteiger partial charge in [-0.2, -0.15) is 5.26 Å². The highest BCUT2D eigenvalue weighted by Crippen LogP contribution is 1.98. The molecule has 0 unspecified atom stereocenters. The van der Waals surface area contributed by atoms with Gasteiger partial charge in [0.25, 0.3) is 0 Å². The zero-order valence-electron chi connectivity index (χ0n) is 8.36. The number of hydrogen-bond acceptors (Lipinski definition) is 5. The predicted octanol–water partition coefficient (Wildman–Crippen LogP) is 0.216. The van der Waals surface area contributed by atoms with Crippen molar-refractivity contribution in [2.24, 2.45) is 0 Å². The van der Waals surface area contributed by atoms with E-state index in [0.717, 1.165) is 5.56 Å². The third kappa shape index (κ3) is 3.75. The Kier molecular flexibility index (Phi) is 4.26. The molecule has 1 aromatic rings. The Balaban J connectivity index is 2.38. The van der Waals surface area contributed by atoms with Gasteiger partial charge < -0.3 is 10.1 Å². The summed E-state index contributed by atoms with van der Waals surface area (Å²) in [6.45, 7) is 0.685. The lowest BCUT2D eigenvalue weighted by molar-refractivity contribution is -0.139. The van der Waals surface area contributed by atoms with E-state index in [4.69, 9.17) is 5.26 Å². The van der Waals surface area contributed by atoms with Crippen LogP contribution in [0.4, 0.5) is 0 Å². The van der Waals surface area contributed by atoms with Crippen molar-refractivity contribution in [3.8, 4) is 6.07 Å². The highest BCUT2D eigenvalue weighted by molar-refractivity contribution is 5.71. The van der Waals surface area contributed by atoms with Crippen LogP contribution in [0.3, 0.4) is 0 Å². The molecule has 0 radical (unpaired) electrons. The minimum absolute atomic E-state index is 0.163. The number of pyridine rings is 1. The average molecular weight is 205 g/mol. The van der Waals surface area contributed by atoms with Crippen LogP contribution in [0, 0.1) is 11.3 Å². The first-order chi connectivity index (χ1) is 7.26. The summed E-state index contributed by atoms with van der Waals surface area (Å²) < 4.78 is 4.46. The fourth-order valence-corrected chi connectivity index (χ4v) is 0.976. The van der Waals surface area contributed by atoms with Gasteiger partial charge in [0.05, 0.1) is 13.7 Å². The Morgan fingerprint density at radius 3 is 3.00 bits per heavy atom. The number of carbonyl (C=O) groups is 1. The zero-order valence-corrected chi connectivity index (χ0v) is 8.36. The quantitative estimate of drug-likeness (QED) is 0.711. The lowest BCUT2D eigenvalue weighted by Crippen LogP contribution is -2.23. The number of rotatable bonds is 4. The van der Waals surface area contributed by atoms with E-state index < -0.39 is 0 Å². The molecular weight excluding hydrogens is 194 g/mol. The summed E-state index contributed by atoms with van der Waals surface area (Å²) in [5.41, 5.74) is 1.30. The molecule has 78 valence electrons. The van der Waals surface area contributed by atoms with Crippen molar-refractivity contribution in [2.45, 2.75) is 6.54 Å². The molecule has 0 saturated carbocycles. The average Bonchev–Trinajstić information content (AvgIpc) is 2.29. The van der Waals surface area contributed by atoms with Crippen LogP contribution in [0.2, 0.25) is 0 Å². The molecule has 0 bridgehead atoms. The molecule has 15 heavy (non-hydrogen) atoms. The molecule has 1 aromatic heterocycles. The largest absolute Gasteiger partial charge is 0.468 e. The molecule has 0 saturated heterocycles. The number of nitrogens with one attached hydrogen (secondary N) is 1. The predicted molar refractivity (Wildman–Crippen MR) is 52.7 cm³/mol. The summed E-state index contributed by atoms with van der Waals surface area (Å²) in [6.07, 6.45) is 1.60. The first-order valence-corrected chi connectivity index (χ1v) is 4.39. The van der Waals surface area contributed by atoms with Gasteiger partial charge in [-0.1, -0.05) is 6.07 Å². The molecule has 0 aliphatic heterocycles. The number of nitrogens with zero attached hydrogens (tertiary/aromatic N) is 2. The second-order valence-electron chi connectivity index (χ2n) is 2.84. The maximum absolute atomic E-state index is 10.8. The monoisotopic (exact) mass is 205 g/mol. The SMILES string of the molecule is COC(=O)CNCc1ccc(C#N)nc1. The van der Waals surface area contributed by atoms with Gasteiger partial charge in [-0.25, -0.2) is 4.98 Å². The fraction of sp³-hybridized carbons (Fsp3) is 0.300. The van der Waals surface area contributed by atoms with Crippen molar-refractivity contribution in [1.82, 2.24) is 10.3 Å². The lowest BCUT2D eigenvalue weighted by atomic mass is 10.2. The van der Waals surface area contributed by atoms with Gasteiger partial charge in [0.15, 0.2) is 0 Å². The lowest BCUT2D eigenvalue weighted by Gasteiger charge is -2.02. The fourth-order valence-electron chi connectivity index (χ4n) is 0.976. The van der Waals surface area contributed by atoms with E-state index in [1.807, 2.05) is 6.07 Å². The molecule has 0 aliphatic carbocycles. The number of aromatic nitrogens is 1.